The van der Waals surface area contributed by atoms with E-state index in [2.05, 4.69) is 35.0 Å². The molecule has 0 bridgehead atoms. The minimum Gasteiger partial charge on any atom is -0.469 e. The van der Waals surface area contributed by atoms with Crippen LogP contribution < -0.4 is 5.32 Å². The summed E-state index contributed by atoms with van der Waals surface area (Å²) in [6, 6.07) is 18.4. The quantitative estimate of drug-likeness (QED) is 0.133. The second-order valence-corrected chi connectivity index (χ2v) is 16.5. The predicted octanol–water partition coefficient (Wildman–Crippen LogP) is 5.47. The molecule has 4 aromatic rings. The minimum absolute atomic E-state index is 0.214. The summed E-state index contributed by atoms with van der Waals surface area (Å²) in [6.07, 6.45) is 6.19. The molecule has 4 rings (SSSR count). The number of amides is 1. The van der Waals surface area contributed by atoms with Gasteiger partial charge < -0.3 is 14.0 Å². The Hall–Kier alpha value is -4.02. The van der Waals surface area contributed by atoms with E-state index in [1.54, 1.807) is 16.9 Å². The average Bonchev–Trinajstić information content (AvgIpc) is 3.57. The number of carbonyl (C=O) groups is 2. The number of ether oxygens (including phenoxy) is 2. The molecule has 2 aromatic carbocycles. The van der Waals surface area contributed by atoms with Crippen LogP contribution in [0.5, 0.6) is 0 Å². The summed E-state index contributed by atoms with van der Waals surface area (Å²) in [4.78, 5) is 29.6. The fourth-order valence-corrected chi connectivity index (χ4v) is 4.81. The number of nitrogens with one attached hydrogen (secondary N) is 1. The molecular weight excluding hydrogens is 522 g/mol. The van der Waals surface area contributed by atoms with Crippen LogP contribution in [-0.2, 0) is 34.0 Å². The number of imidazole rings is 1. The van der Waals surface area contributed by atoms with Crippen LogP contribution in [0.1, 0.15) is 28.0 Å². The molecule has 1 amide bonds. The highest BCUT2D eigenvalue weighted by molar-refractivity contribution is 6.76. The van der Waals surface area contributed by atoms with Gasteiger partial charge in [-0.2, -0.15) is 5.10 Å². The van der Waals surface area contributed by atoms with Crippen molar-refractivity contribution in [2.75, 3.05) is 19.0 Å². The molecule has 9 nitrogen and oxygen atoms in total. The van der Waals surface area contributed by atoms with Crippen LogP contribution in [0.4, 0.5) is 5.95 Å². The van der Waals surface area contributed by atoms with E-state index in [0.29, 0.717) is 36.9 Å². The molecule has 0 aliphatic rings. The number of hydrogen-bond acceptors (Lipinski definition) is 6. The molecule has 210 valence electrons. The second kappa shape index (κ2) is 13.4. The van der Waals surface area contributed by atoms with Crippen molar-refractivity contribution >= 4 is 25.9 Å². The Kier molecular flexibility index (Phi) is 9.68. The van der Waals surface area contributed by atoms with Crippen molar-refractivity contribution in [1.29, 1.82) is 0 Å². The number of esters is 1. The molecule has 0 unspecified atom stereocenters. The first-order valence-electron chi connectivity index (χ1n) is 13.4. The van der Waals surface area contributed by atoms with E-state index >= 15 is 0 Å². The number of anilines is 1. The molecule has 0 atom stereocenters. The number of aromatic nitrogens is 4. The third-order valence-electron chi connectivity index (χ3n) is 6.37. The largest absolute Gasteiger partial charge is 0.469 e. The van der Waals surface area contributed by atoms with E-state index in [1.165, 1.54) is 7.11 Å². The highest BCUT2D eigenvalue weighted by atomic mass is 28.3. The SMILES string of the molecule is COC(=O)CCc1cn(Cc2ccccc2)c(NC(=O)c2cccc(-c3cnn(COCC[Si](C)(C)C)c3)c2)n1. The Morgan fingerprint density at radius 1 is 1.00 bits per heavy atom. The van der Waals surface area contributed by atoms with Crippen molar-refractivity contribution in [1.82, 2.24) is 19.3 Å². The number of rotatable bonds is 13. The monoisotopic (exact) mass is 559 g/mol. The fourth-order valence-electron chi connectivity index (χ4n) is 4.06. The van der Waals surface area contributed by atoms with Gasteiger partial charge in [-0.25, -0.2) is 9.67 Å². The number of methoxy groups -OCH3 is 1. The van der Waals surface area contributed by atoms with Gasteiger partial charge in [-0.15, -0.1) is 0 Å². The molecule has 0 spiro atoms. The average molecular weight is 560 g/mol. The zero-order chi connectivity index (χ0) is 28.5. The molecule has 0 saturated carbocycles. The Bertz CT molecular complexity index is 1430. The first-order chi connectivity index (χ1) is 19.2. The lowest BCUT2D eigenvalue weighted by Crippen LogP contribution is -2.22. The highest BCUT2D eigenvalue weighted by Gasteiger charge is 2.16. The van der Waals surface area contributed by atoms with Crippen LogP contribution in [-0.4, -0.2) is 53.0 Å². The maximum atomic E-state index is 13.3. The van der Waals surface area contributed by atoms with Gasteiger partial charge in [0.15, 0.2) is 0 Å². The van der Waals surface area contributed by atoms with E-state index in [-0.39, 0.29) is 18.3 Å². The van der Waals surface area contributed by atoms with Gasteiger partial charge in [0.05, 0.1) is 32.0 Å². The Morgan fingerprint density at radius 3 is 2.55 bits per heavy atom. The van der Waals surface area contributed by atoms with E-state index in [0.717, 1.165) is 29.3 Å². The molecule has 1 N–H and O–H groups in total. The first-order valence-corrected chi connectivity index (χ1v) is 17.1. The summed E-state index contributed by atoms with van der Waals surface area (Å²) < 4.78 is 14.2. The second-order valence-electron chi connectivity index (χ2n) is 10.9. The summed E-state index contributed by atoms with van der Waals surface area (Å²) in [5, 5.41) is 7.37. The lowest BCUT2D eigenvalue weighted by atomic mass is 10.1. The molecule has 0 aliphatic heterocycles. The van der Waals surface area contributed by atoms with Gasteiger partial charge in [0.25, 0.3) is 5.91 Å². The molecule has 0 aliphatic carbocycles. The Balaban J connectivity index is 1.46. The van der Waals surface area contributed by atoms with Crippen LogP contribution in [0.25, 0.3) is 11.1 Å². The Labute approximate surface area is 236 Å². The highest BCUT2D eigenvalue weighted by Crippen LogP contribution is 2.21. The van der Waals surface area contributed by atoms with Crippen molar-refractivity contribution in [2.45, 2.75) is 51.8 Å². The van der Waals surface area contributed by atoms with E-state index in [4.69, 9.17) is 9.47 Å². The van der Waals surface area contributed by atoms with Crippen LogP contribution in [0.3, 0.4) is 0 Å². The van der Waals surface area contributed by atoms with Gasteiger partial charge in [-0.05, 0) is 29.3 Å². The smallest absolute Gasteiger partial charge is 0.305 e. The maximum absolute atomic E-state index is 13.3. The predicted molar refractivity (Wildman–Crippen MR) is 158 cm³/mol. The summed E-state index contributed by atoms with van der Waals surface area (Å²) in [6.45, 7) is 8.63. The van der Waals surface area contributed by atoms with Gasteiger partial charge in [0.1, 0.15) is 6.73 Å². The van der Waals surface area contributed by atoms with Crippen molar-refractivity contribution < 1.29 is 19.1 Å². The molecule has 2 aromatic heterocycles. The number of nitrogens with zero attached hydrogens (tertiary/aromatic N) is 4. The lowest BCUT2D eigenvalue weighted by Gasteiger charge is -2.15. The molecular formula is C30H37N5O4Si. The van der Waals surface area contributed by atoms with Crippen LogP contribution in [0, 0.1) is 0 Å². The zero-order valence-electron chi connectivity index (χ0n) is 23.6. The minimum atomic E-state index is -1.14. The van der Waals surface area contributed by atoms with Crippen molar-refractivity contribution in [2.24, 2.45) is 0 Å². The van der Waals surface area contributed by atoms with E-state index in [9.17, 15) is 9.59 Å². The number of hydrogen-bond donors (Lipinski definition) is 1. The van der Waals surface area contributed by atoms with Gasteiger partial charge >= 0.3 is 5.97 Å². The fraction of sp³-hybridized carbons (Fsp3) is 0.333. The maximum Gasteiger partial charge on any atom is 0.305 e. The summed E-state index contributed by atoms with van der Waals surface area (Å²) in [7, 11) is 0.227. The number of aryl methyl sites for hydroxylation is 1. The van der Waals surface area contributed by atoms with E-state index < -0.39 is 8.07 Å². The standard InChI is InChI=1S/C30H37N5O4Si/c1-38-28(36)14-13-27-21-34(19-23-9-6-5-7-10-23)30(32-27)33-29(37)25-12-8-11-24(17-25)26-18-31-35(20-26)22-39-15-16-40(2,3)4/h5-12,17-18,20-21H,13-16,19,22H2,1-4H3,(H,32,33,37). The normalized spacial score (nSPS) is 11.4. The van der Waals surface area contributed by atoms with Gasteiger partial charge in [0, 0.05) is 44.6 Å². The molecule has 0 radical (unpaired) electrons. The van der Waals surface area contributed by atoms with E-state index in [1.807, 2.05) is 65.5 Å². The molecule has 10 heteroatoms. The van der Waals surface area contributed by atoms with Crippen LogP contribution in [0.2, 0.25) is 25.7 Å². The molecule has 0 saturated heterocycles. The van der Waals surface area contributed by atoms with Crippen molar-refractivity contribution in [3.05, 3.63) is 90.0 Å². The third kappa shape index (κ3) is 8.49. The van der Waals surface area contributed by atoms with Gasteiger partial charge in [-0.3, -0.25) is 14.9 Å². The van der Waals surface area contributed by atoms with Gasteiger partial charge in [0.2, 0.25) is 5.95 Å². The molecule has 2 heterocycles. The Morgan fingerprint density at radius 2 is 1.80 bits per heavy atom. The summed E-state index contributed by atoms with van der Waals surface area (Å²) >= 11 is 0. The summed E-state index contributed by atoms with van der Waals surface area (Å²) in [5.74, 6) is -0.160. The van der Waals surface area contributed by atoms with Crippen molar-refractivity contribution in [3.63, 3.8) is 0 Å². The zero-order valence-corrected chi connectivity index (χ0v) is 24.6. The topological polar surface area (TPSA) is 100 Å². The van der Waals surface area contributed by atoms with Crippen molar-refractivity contribution in [3.8, 4) is 11.1 Å². The first kappa shape index (κ1) is 29.0. The molecule has 40 heavy (non-hydrogen) atoms. The third-order valence-corrected chi connectivity index (χ3v) is 8.08. The number of benzene rings is 2. The van der Waals surface area contributed by atoms with Gasteiger partial charge in [-0.1, -0.05) is 62.1 Å². The number of carbonyl (C=O) groups excluding carboxylic acids is 2. The lowest BCUT2D eigenvalue weighted by molar-refractivity contribution is -0.140. The molecule has 0 fully saturated rings. The summed E-state index contributed by atoms with van der Waals surface area (Å²) in [5.41, 5.74) is 4.05. The van der Waals surface area contributed by atoms with Crippen LogP contribution in [0.15, 0.2) is 73.2 Å². The van der Waals surface area contributed by atoms with Crippen LogP contribution >= 0.6 is 0 Å².